The summed E-state index contributed by atoms with van der Waals surface area (Å²) in [6.45, 7) is 5.08. The molecule has 0 radical (unpaired) electrons. The summed E-state index contributed by atoms with van der Waals surface area (Å²) in [6.07, 6.45) is 2.17. The van der Waals surface area contributed by atoms with Gasteiger partial charge in [0.2, 0.25) is 5.89 Å². The van der Waals surface area contributed by atoms with Gasteiger partial charge < -0.3 is 14.5 Å². The molecule has 2 heterocycles. The molecule has 0 bridgehead atoms. The molecule has 1 aliphatic heterocycles. The smallest absolute Gasteiger partial charge is 0.273 e. The zero-order valence-corrected chi connectivity index (χ0v) is 12.9. The van der Waals surface area contributed by atoms with E-state index in [9.17, 15) is 4.79 Å². The van der Waals surface area contributed by atoms with Crippen LogP contribution >= 0.6 is 0 Å². The van der Waals surface area contributed by atoms with Gasteiger partial charge in [-0.3, -0.25) is 4.79 Å². The lowest BCUT2D eigenvalue weighted by atomic mass is 10.1. The number of nitrogens with one attached hydrogen (secondary N) is 1. The molecule has 1 aliphatic rings. The van der Waals surface area contributed by atoms with E-state index < -0.39 is 0 Å². The van der Waals surface area contributed by atoms with E-state index in [1.807, 2.05) is 31.2 Å². The molecule has 1 aromatic carbocycles. The second kappa shape index (κ2) is 6.32. The van der Waals surface area contributed by atoms with Crippen molar-refractivity contribution in [2.75, 3.05) is 13.2 Å². The number of hydrogen-bond donors (Lipinski definition) is 1. The number of nitrogens with zero attached hydrogens (tertiary/aromatic N) is 1. The molecule has 1 N–H and O–H groups in total. The average Bonchev–Trinajstić information content (AvgIpc) is 3.15. The molecular weight excluding hydrogens is 280 g/mol. The van der Waals surface area contributed by atoms with Gasteiger partial charge in [0.25, 0.3) is 5.91 Å². The lowest BCUT2D eigenvalue weighted by Crippen LogP contribution is -2.32. The Kier molecular flexibility index (Phi) is 4.24. The maximum absolute atomic E-state index is 12.2. The van der Waals surface area contributed by atoms with E-state index in [0.29, 0.717) is 23.9 Å². The summed E-state index contributed by atoms with van der Waals surface area (Å²) >= 11 is 0. The van der Waals surface area contributed by atoms with Crippen molar-refractivity contribution in [1.82, 2.24) is 10.3 Å². The summed E-state index contributed by atoms with van der Waals surface area (Å²) in [6, 6.07) is 7.86. The van der Waals surface area contributed by atoms with Gasteiger partial charge in [-0.2, -0.15) is 0 Å². The molecule has 5 nitrogen and oxygen atoms in total. The van der Waals surface area contributed by atoms with Gasteiger partial charge in [0.05, 0.1) is 6.10 Å². The number of hydrogen-bond acceptors (Lipinski definition) is 4. The minimum atomic E-state index is -0.213. The number of rotatable bonds is 4. The molecule has 1 amide bonds. The van der Waals surface area contributed by atoms with Crippen LogP contribution in [0.15, 0.2) is 28.7 Å². The fraction of sp³-hybridized carbons (Fsp3) is 0.412. The third kappa shape index (κ3) is 3.20. The summed E-state index contributed by atoms with van der Waals surface area (Å²) in [5, 5.41) is 2.87. The highest BCUT2D eigenvalue weighted by atomic mass is 16.5. The van der Waals surface area contributed by atoms with Gasteiger partial charge in [-0.1, -0.05) is 17.7 Å². The minimum Gasteiger partial charge on any atom is -0.441 e. The van der Waals surface area contributed by atoms with Gasteiger partial charge >= 0.3 is 0 Å². The summed E-state index contributed by atoms with van der Waals surface area (Å²) in [5.74, 6) is 0.787. The first kappa shape index (κ1) is 14.8. The van der Waals surface area contributed by atoms with E-state index in [4.69, 9.17) is 9.15 Å². The SMILES string of the molecule is Cc1ccc(-c2nc(C(=O)NCC3CCCO3)c(C)o2)cc1. The number of oxazole rings is 1. The third-order valence-electron chi connectivity index (χ3n) is 3.82. The van der Waals surface area contributed by atoms with E-state index >= 15 is 0 Å². The molecule has 1 unspecified atom stereocenters. The van der Waals surface area contributed by atoms with Gasteiger partial charge in [-0.05, 0) is 38.8 Å². The van der Waals surface area contributed by atoms with Gasteiger partial charge in [0.15, 0.2) is 5.69 Å². The van der Waals surface area contributed by atoms with E-state index in [0.717, 1.165) is 25.0 Å². The van der Waals surface area contributed by atoms with Crippen LogP contribution in [0.5, 0.6) is 0 Å². The fourth-order valence-electron chi connectivity index (χ4n) is 2.52. The van der Waals surface area contributed by atoms with Crippen molar-refractivity contribution >= 4 is 5.91 Å². The number of aromatic nitrogens is 1. The molecule has 0 spiro atoms. The molecule has 22 heavy (non-hydrogen) atoms. The zero-order chi connectivity index (χ0) is 15.5. The zero-order valence-electron chi connectivity index (χ0n) is 12.9. The van der Waals surface area contributed by atoms with E-state index in [1.165, 1.54) is 5.56 Å². The maximum Gasteiger partial charge on any atom is 0.273 e. The lowest BCUT2D eigenvalue weighted by molar-refractivity contribution is 0.0853. The summed E-state index contributed by atoms with van der Waals surface area (Å²) in [4.78, 5) is 16.6. The minimum absolute atomic E-state index is 0.118. The van der Waals surface area contributed by atoms with E-state index in [1.54, 1.807) is 6.92 Å². The maximum atomic E-state index is 12.2. The molecular formula is C17H20N2O3. The van der Waals surface area contributed by atoms with Gasteiger partial charge in [0, 0.05) is 18.7 Å². The van der Waals surface area contributed by atoms with Crippen molar-refractivity contribution in [2.24, 2.45) is 0 Å². The van der Waals surface area contributed by atoms with Crippen LogP contribution in [0.2, 0.25) is 0 Å². The molecule has 116 valence electrons. The van der Waals surface area contributed by atoms with Crippen LogP contribution in [0.25, 0.3) is 11.5 Å². The Balaban J connectivity index is 1.71. The molecule has 1 fully saturated rings. The highest BCUT2D eigenvalue weighted by Crippen LogP contribution is 2.22. The molecule has 0 aliphatic carbocycles. The Labute approximate surface area is 129 Å². The fourth-order valence-corrected chi connectivity index (χ4v) is 2.52. The van der Waals surface area contributed by atoms with Crippen molar-refractivity contribution in [3.8, 4) is 11.5 Å². The third-order valence-corrected chi connectivity index (χ3v) is 3.82. The predicted octanol–water partition coefficient (Wildman–Crippen LogP) is 2.87. The first-order valence-electron chi connectivity index (χ1n) is 7.58. The quantitative estimate of drug-likeness (QED) is 0.943. The van der Waals surface area contributed by atoms with Crippen LogP contribution < -0.4 is 5.32 Å². The Morgan fingerprint density at radius 2 is 2.09 bits per heavy atom. The highest BCUT2D eigenvalue weighted by Gasteiger charge is 2.21. The molecule has 2 aromatic rings. The summed E-state index contributed by atoms with van der Waals surface area (Å²) < 4.78 is 11.1. The van der Waals surface area contributed by atoms with Crippen molar-refractivity contribution in [1.29, 1.82) is 0 Å². The molecule has 1 atom stereocenters. The van der Waals surface area contributed by atoms with Crippen LogP contribution in [-0.2, 0) is 4.74 Å². The van der Waals surface area contributed by atoms with Crippen LogP contribution in [0.1, 0.15) is 34.7 Å². The number of amides is 1. The standard InChI is InChI=1S/C17H20N2O3/c1-11-5-7-13(8-6-11)17-19-15(12(2)22-17)16(20)18-10-14-4-3-9-21-14/h5-8,14H,3-4,9-10H2,1-2H3,(H,18,20). The second-order valence-corrected chi connectivity index (χ2v) is 5.63. The summed E-state index contributed by atoms with van der Waals surface area (Å²) in [7, 11) is 0. The predicted molar refractivity (Wildman–Crippen MR) is 82.7 cm³/mol. The Bertz CT molecular complexity index is 655. The van der Waals surface area contributed by atoms with Gasteiger partial charge in [-0.25, -0.2) is 4.98 Å². The lowest BCUT2D eigenvalue weighted by Gasteiger charge is -2.09. The number of benzene rings is 1. The van der Waals surface area contributed by atoms with Crippen LogP contribution in [0.4, 0.5) is 0 Å². The van der Waals surface area contributed by atoms with Crippen LogP contribution in [-0.4, -0.2) is 30.1 Å². The first-order valence-corrected chi connectivity index (χ1v) is 7.58. The molecule has 0 saturated carbocycles. The number of carbonyl (C=O) groups is 1. The average molecular weight is 300 g/mol. The second-order valence-electron chi connectivity index (χ2n) is 5.63. The number of aryl methyl sites for hydroxylation is 2. The van der Waals surface area contributed by atoms with Crippen molar-refractivity contribution in [3.05, 3.63) is 41.3 Å². The monoisotopic (exact) mass is 300 g/mol. The topological polar surface area (TPSA) is 64.4 Å². The molecule has 3 rings (SSSR count). The molecule has 1 saturated heterocycles. The van der Waals surface area contributed by atoms with Gasteiger partial charge in [-0.15, -0.1) is 0 Å². The van der Waals surface area contributed by atoms with Crippen LogP contribution in [0, 0.1) is 13.8 Å². The highest BCUT2D eigenvalue weighted by molar-refractivity contribution is 5.93. The first-order chi connectivity index (χ1) is 10.6. The largest absolute Gasteiger partial charge is 0.441 e. The van der Waals surface area contributed by atoms with Crippen molar-refractivity contribution in [2.45, 2.75) is 32.8 Å². The van der Waals surface area contributed by atoms with E-state index in [2.05, 4.69) is 10.3 Å². The van der Waals surface area contributed by atoms with Crippen LogP contribution in [0.3, 0.4) is 0 Å². The molecule has 5 heteroatoms. The van der Waals surface area contributed by atoms with Crippen molar-refractivity contribution in [3.63, 3.8) is 0 Å². The number of carbonyl (C=O) groups excluding carboxylic acids is 1. The Morgan fingerprint density at radius 3 is 2.77 bits per heavy atom. The van der Waals surface area contributed by atoms with Crippen molar-refractivity contribution < 1.29 is 13.9 Å². The van der Waals surface area contributed by atoms with E-state index in [-0.39, 0.29) is 12.0 Å². The van der Waals surface area contributed by atoms with Gasteiger partial charge in [0.1, 0.15) is 5.76 Å². The number of ether oxygens (including phenoxy) is 1. The summed E-state index contributed by atoms with van der Waals surface area (Å²) in [5.41, 5.74) is 2.38. The normalized spacial score (nSPS) is 17.6. The Hall–Kier alpha value is -2.14. The molecule has 1 aromatic heterocycles. The Morgan fingerprint density at radius 1 is 1.32 bits per heavy atom.